The molecule has 8 heteroatoms. The standard InChI is InChI=1S/C37H47N3O5/c1-38(23-18-27-19-24-40(25-20-27)26-28-10-6-5-7-11-28)21-8-9-22-39(2)30-14-12-29(13-15-30)35-34(42)33(41)31-16-17-32(43-3)37(44-4)36(31)45-35/h5-7,10-17,27,42H,8-9,18-26H2,1-4H3. The van der Waals surface area contributed by atoms with Crippen molar-refractivity contribution in [2.75, 3.05) is 65.9 Å². The van der Waals surface area contributed by atoms with E-state index in [1.807, 2.05) is 24.3 Å². The predicted molar refractivity (Wildman–Crippen MR) is 182 cm³/mol. The molecule has 2 heterocycles. The lowest BCUT2D eigenvalue weighted by Crippen LogP contribution is -2.34. The Balaban J connectivity index is 1.06. The van der Waals surface area contributed by atoms with Gasteiger partial charge >= 0.3 is 0 Å². The molecule has 0 amide bonds. The summed E-state index contributed by atoms with van der Waals surface area (Å²) in [5.41, 5.74) is 2.81. The fourth-order valence-corrected chi connectivity index (χ4v) is 6.27. The van der Waals surface area contributed by atoms with Crippen LogP contribution in [0.1, 0.15) is 37.7 Å². The summed E-state index contributed by atoms with van der Waals surface area (Å²) >= 11 is 0. The monoisotopic (exact) mass is 613 g/mol. The minimum Gasteiger partial charge on any atom is -0.502 e. The molecule has 1 aliphatic rings. The van der Waals surface area contributed by atoms with Crippen molar-refractivity contribution < 1.29 is 19.0 Å². The third-order valence-corrected chi connectivity index (χ3v) is 9.11. The first-order chi connectivity index (χ1) is 21.9. The maximum absolute atomic E-state index is 12.9. The fourth-order valence-electron chi connectivity index (χ4n) is 6.27. The first-order valence-electron chi connectivity index (χ1n) is 16.0. The van der Waals surface area contributed by atoms with Gasteiger partial charge in [-0.25, -0.2) is 0 Å². The van der Waals surface area contributed by atoms with Gasteiger partial charge in [0.25, 0.3) is 0 Å². The smallest absolute Gasteiger partial charge is 0.235 e. The van der Waals surface area contributed by atoms with Gasteiger partial charge in [-0.1, -0.05) is 30.3 Å². The minimum absolute atomic E-state index is 0.106. The summed E-state index contributed by atoms with van der Waals surface area (Å²) < 4.78 is 16.8. The molecule has 8 nitrogen and oxygen atoms in total. The van der Waals surface area contributed by atoms with Crippen LogP contribution < -0.4 is 19.8 Å². The highest BCUT2D eigenvalue weighted by molar-refractivity contribution is 5.88. The van der Waals surface area contributed by atoms with Gasteiger partial charge in [0.2, 0.25) is 16.9 Å². The molecule has 0 aliphatic carbocycles. The number of nitrogens with zero attached hydrogens (tertiary/aromatic N) is 3. The average Bonchev–Trinajstić information content (AvgIpc) is 3.07. The van der Waals surface area contributed by atoms with E-state index in [0.717, 1.165) is 50.6 Å². The number of benzene rings is 3. The lowest BCUT2D eigenvalue weighted by molar-refractivity contribution is 0.162. The number of aromatic hydroxyl groups is 1. The number of hydrogen-bond acceptors (Lipinski definition) is 8. The van der Waals surface area contributed by atoms with Crippen LogP contribution in [0.25, 0.3) is 22.3 Å². The first kappa shape index (κ1) is 32.4. The molecule has 240 valence electrons. The van der Waals surface area contributed by atoms with Crippen molar-refractivity contribution in [3.63, 3.8) is 0 Å². The Morgan fingerprint density at radius 3 is 2.29 bits per heavy atom. The number of fused-ring (bicyclic) bond motifs is 1. The van der Waals surface area contributed by atoms with Gasteiger partial charge in [0, 0.05) is 31.4 Å². The highest BCUT2D eigenvalue weighted by atomic mass is 16.5. The number of ether oxygens (including phenoxy) is 2. The van der Waals surface area contributed by atoms with E-state index in [0.29, 0.717) is 17.1 Å². The maximum atomic E-state index is 12.9. The van der Waals surface area contributed by atoms with Crippen LogP contribution in [-0.4, -0.2) is 75.9 Å². The van der Waals surface area contributed by atoms with Crippen molar-refractivity contribution in [2.24, 2.45) is 5.92 Å². The molecule has 0 saturated carbocycles. The number of piperidine rings is 1. The van der Waals surface area contributed by atoms with Crippen molar-refractivity contribution in [3.05, 3.63) is 82.5 Å². The predicted octanol–water partition coefficient (Wildman–Crippen LogP) is 6.63. The summed E-state index contributed by atoms with van der Waals surface area (Å²) in [5, 5.41) is 10.9. The Bertz CT molecular complexity index is 1580. The van der Waals surface area contributed by atoms with Gasteiger partial charge in [0.15, 0.2) is 17.1 Å². The van der Waals surface area contributed by atoms with Crippen LogP contribution in [0.2, 0.25) is 0 Å². The van der Waals surface area contributed by atoms with Crippen LogP contribution in [0.3, 0.4) is 0 Å². The van der Waals surface area contributed by atoms with Crippen molar-refractivity contribution in [2.45, 2.75) is 38.6 Å². The number of anilines is 1. The highest BCUT2D eigenvalue weighted by Gasteiger charge is 2.21. The fraction of sp³-hybridized carbons (Fsp3) is 0.432. The molecule has 0 unspecified atom stereocenters. The summed E-state index contributed by atoms with van der Waals surface area (Å²) in [6, 6.07) is 21.7. The van der Waals surface area contributed by atoms with E-state index >= 15 is 0 Å². The maximum Gasteiger partial charge on any atom is 0.235 e. The molecule has 1 aromatic heterocycles. The molecule has 0 spiro atoms. The molecule has 1 N–H and O–H groups in total. The van der Waals surface area contributed by atoms with Gasteiger partial charge in [-0.15, -0.1) is 0 Å². The SMILES string of the molecule is COc1ccc2c(=O)c(O)c(-c3ccc(N(C)CCCCN(C)CCC4CCN(Cc5ccccc5)CC4)cc3)oc2c1OC. The Labute approximate surface area is 266 Å². The molecule has 1 fully saturated rings. The van der Waals surface area contributed by atoms with E-state index in [9.17, 15) is 9.90 Å². The van der Waals surface area contributed by atoms with E-state index in [2.05, 4.69) is 59.1 Å². The normalized spacial score (nSPS) is 14.2. The van der Waals surface area contributed by atoms with Gasteiger partial charge in [0.05, 0.1) is 19.6 Å². The molecule has 1 aliphatic heterocycles. The molecule has 0 bridgehead atoms. The van der Waals surface area contributed by atoms with E-state index in [1.54, 1.807) is 12.1 Å². The Morgan fingerprint density at radius 1 is 0.889 bits per heavy atom. The van der Waals surface area contributed by atoms with E-state index in [4.69, 9.17) is 13.9 Å². The van der Waals surface area contributed by atoms with Crippen LogP contribution in [0, 0.1) is 5.92 Å². The second kappa shape index (κ2) is 15.3. The van der Waals surface area contributed by atoms with Crippen molar-refractivity contribution in [1.82, 2.24) is 9.80 Å². The Morgan fingerprint density at radius 2 is 1.60 bits per heavy atom. The second-order valence-electron chi connectivity index (χ2n) is 12.3. The number of methoxy groups -OCH3 is 2. The molecule has 4 aromatic rings. The van der Waals surface area contributed by atoms with Crippen molar-refractivity contribution >= 4 is 16.7 Å². The molecule has 3 aromatic carbocycles. The summed E-state index contributed by atoms with van der Waals surface area (Å²) in [5.74, 6) is 1.28. The zero-order chi connectivity index (χ0) is 31.8. The van der Waals surface area contributed by atoms with E-state index in [1.165, 1.54) is 52.1 Å². The number of unbranched alkanes of at least 4 members (excludes halogenated alkanes) is 1. The van der Waals surface area contributed by atoms with E-state index < -0.39 is 11.2 Å². The number of likely N-dealkylation sites (tertiary alicyclic amines) is 1. The van der Waals surface area contributed by atoms with Gasteiger partial charge in [0.1, 0.15) is 0 Å². The largest absolute Gasteiger partial charge is 0.502 e. The molecular formula is C37H47N3O5. The molecule has 0 atom stereocenters. The van der Waals surface area contributed by atoms with Crippen molar-refractivity contribution in [3.8, 4) is 28.6 Å². The number of rotatable bonds is 14. The Hall–Kier alpha value is -4.01. The van der Waals surface area contributed by atoms with Crippen LogP contribution in [0.15, 0.2) is 75.9 Å². The lowest BCUT2D eigenvalue weighted by atomic mass is 9.93. The molecular weight excluding hydrogens is 566 g/mol. The van der Waals surface area contributed by atoms with Crippen LogP contribution >= 0.6 is 0 Å². The molecule has 1 saturated heterocycles. The summed E-state index contributed by atoms with van der Waals surface area (Å²) in [6.07, 6.45) is 6.15. The zero-order valence-electron chi connectivity index (χ0n) is 27.1. The highest BCUT2D eigenvalue weighted by Crippen LogP contribution is 2.39. The summed E-state index contributed by atoms with van der Waals surface area (Å²) in [6.45, 7) is 6.70. The Kier molecular flexibility index (Phi) is 11.0. The minimum atomic E-state index is -0.511. The second-order valence-corrected chi connectivity index (χ2v) is 12.3. The van der Waals surface area contributed by atoms with Crippen LogP contribution in [0.5, 0.6) is 17.2 Å². The third kappa shape index (κ3) is 7.99. The summed E-state index contributed by atoms with van der Waals surface area (Å²) in [7, 11) is 7.35. The molecule has 45 heavy (non-hydrogen) atoms. The van der Waals surface area contributed by atoms with Crippen molar-refractivity contribution in [1.29, 1.82) is 0 Å². The van der Waals surface area contributed by atoms with Gasteiger partial charge in [-0.2, -0.15) is 0 Å². The van der Waals surface area contributed by atoms with Crippen LogP contribution in [0.4, 0.5) is 5.69 Å². The van der Waals surface area contributed by atoms with E-state index in [-0.39, 0.29) is 16.7 Å². The molecule has 0 radical (unpaired) electrons. The molecule has 5 rings (SSSR count). The lowest BCUT2D eigenvalue weighted by Gasteiger charge is -2.32. The first-order valence-corrected chi connectivity index (χ1v) is 16.0. The average molecular weight is 614 g/mol. The van der Waals surface area contributed by atoms with Gasteiger partial charge in [-0.05, 0) is 113 Å². The quantitative estimate of drug-likeness (QED) is 0.159. The van der Waals surface area contributed by atoms with Gasteiger partial charge in [-0.3, -0.25) is 9.69 Å². The van der Waals surface area contributed by atoms with Gasteiger partial charge < -0.3 is 28.8 Å². The topological polar surface area (TPSA) is 78.6 Å². The summed E-state index contributed by atoms with van der Waals surface area (Å²) in [4.78, 5) is 20.2. The third-order valence-electron chi connectivity index (χ3n) is 9.11. The number of hydrogen-bond donors (Lipinski definition) is 1. The zero-order valence-corrected chi connectivity index (χ0v) is 27.1. The van der Waals surface area contributed by atoms with Crippen LogP contribution in [-0.2, 0) is 6.54 Å².